The summed E-state index contributed by atoms with van der Waals surface area (Å²) in [6, 6.07) is -0.819. The Morgan fingerprint density at radius 2 is 0.792 bits per heavy atom. The normalized spacial score (nSPS) is 19.2. The van der Waals surface area contributed by atoms with Crippen LogP contribution >= 0.6 is 0 Å². The molecule has 0 aromatic rings. The van der Waals surface area contributed by atoms with Gasteiger partial charge in [-0.3, -0.25) is 4.79 Å². The van der Waals surface area contributed by atoms with Crippen LogP contribution in [0.1, 0.15) is 316 Å². The number of hydrogen-bond acceptors (Lipinski definition) is 8. The SMILES string of the molecule is CCCCCCCCCCCCCCC/C=C/CC/C=C/C(O)C(COC1OC(CO)C(O)C(O)C1O)NC(=O)CCCCCCCCCCCCCCCCCCCCCCCCCCCCCCCC. The number of aliphatic hydroxyl groups excluding tert-OH is 5. The van der Waals surface area contributed by atoms with Gasteiger partial charge in [-0.2, -0.15) is 0 Å². The van der Waals surface area contributed by atoms with E-state index < -0.39 is 49.5 Å². The molecule has 1 aliphatic heterocycles. The van der Waals surface area contributed by atoms with E-state index in [-0.39, 0.29) is 12.5 Å². The predicted octanol–water partition coefficient (Wildman–Crippen LogP) is 16.1. The quantitative estimate of drug-likeness (QED) is 0.0261. The highest BCUT2D eigenvalue weighted by atomic mass is 16.7. The molecular formula is C63H121NO8. The lowest BCUT2D eigenvalue weighted by Gasteiger charge is -2.40. The van der Waals surface area contributed by atoms with E-state index in [0.717, 1.165) is 38.5 Å². The zero-order valence-electron chi connectivity index (χ0n) is 47.5. The first kappa shape index (κ1) is 68.7. The molecule has 0 aromatic heterocycles. The fourth-order valence-electron chi connectivity index (χ4n) is 10.3. The molecule has 0 spiro atoms. The topological polar surface area (TPSA) is 149 Å². The maximum absolute atomic E-state index is 13.1. The highest BCUT2D eigenvalue weighted by Crippen LogP contribution is 2.23. The van der Waals surface area contributed by atoms with Gasteiger partial charge in [0.25, 0.3) is 0 Å². The average molecular weight is 1020 g/mol. The molecule has 9 nitrogen and oxygen atoms in total. The highest BCUT2D eigenvalue weighted by molar-refractivity contribution is 5.76. The van der Waals surface area contributed by atoms with E-state index in [2.05, 4.69) is 31.3 Å². The first-order valence-electron chi connectivity index (χ1n) is 31.6. The van der Waals surface area contributed by atoms with Crippen molar-refractivity contribution in [3.63, 3.8) is 0 Å². The van der Waals surface area contributed by atoms with E-state index >= 15 is 0 Å². The zero-order valence-corrected chi connectivity index (χ0v) is 47.5. The predicted molar refractivity (Wildman–Crippen MR) is 304 cm³/mol. The minimum Gasteiger partial charge on any atom is -0.394 e. The fraction of sp³-hybridized carbons (Fsp3) is 0.921. The molecule has 6 N–H and O–H groups in total. The van der Waals surface area contributed by atoms with Gasteiger partial charge >= 0.3 is 0 Å². The first-order chi connectivity index (χ1) is 35.3. The summed E-state index contributed by atoms with van der Waals surface area (Å²) in [4.78, 5) is 13.1. The van der Waals surface area contributed by atoms with Gasteiger partial charge in [-0.1, -0.05) is 301 Å². The van der Waals surface area contributed by atoms with Crippen molar-refractivity contribution < 1.29 is 39.8 Å². The first-order valence-corrected chi connectivity index (χ1v) is 31.6. The van der Waals surface area contributed by atoms with Crippen LogP contribution < -0.4 is 5.32 Å². The molecule has 1 amide bonds. The summed E-state index contributed by atoms with van der Waals surface area (Å²) < 4.78 is 11.3. The number of hydrogen-bond donors (Lipinski definition) is 6. The second-order valence-corrected chi connectivity index (χ2v) is 22.2. The van der Waals surface area contributed by atoms with E-state index in [9.17, 15) is 30.3 Å². The molecule has 1 rings (SSSR count). The van der Waals surface area contributed by atoms with Gasteiger partial charge < -0.3 is 40.3 Å². The van der Waals surface area contributed by atoms with Crippen LogP contribution in [0.3, 0.4) is 0 Å². The summed E-state index contributed by atoms with van der Waals surface area (Å²) in [5, 5.41) is 54.6. The van der Waals surface area contributed by atoms with Crippen LogP contribution in [0.25, 0.3) is 0 Å². The molecule has 72 heavy (non-hydrogen) atoms. The molecule has 1 fully saturated rings. The monoisotopic (exact) mass is 1020 g/mol. The fourth-order valence-corrected chi connectivity index (χ4v) is 10.3. The molecule has 0 saturated carbocycles. The minimum atomic E-state index is -1.57. The summed E-state index contributed by atoms with van der Waals surface area (Å²) in [6.07, 6.45) is 61.3. The van der Waals surface area contributed by atoms with E-state index in [1.165, 1.54) is 257 Å². The van der Waals surface area contributed by atoms with Crippen molar-refractivity contribution in [3.05, 3.63) is 24.3 Å². The highest BCUT2D eigenvalue weighted by Gasteiger charge is 2.44. The van der Waals surface area contributed by atoms with Crippen molar-refractivity contribution in [1.82, 2.24) is 5.32 Å². The van der Waals surface area contributed by atoms with Crippen LogP contribution in [0.4, 0.5) is 0 Å². The van der Waals surface area contributed by atoms with Gasteiger partial charge in [0.15, 0.2) is 6.29 Å². The molecule has 1 saturated heterocycles. The number of carbonyl (C=O) groups excluding carboxylic acids is 1. The number of allylic oxidation sites excluding steroid dienone is 3. The number of nitrogens with one attached hydrogen (secondary N) is 1. The maximum atomic E-state index is 13.1. The Labute approximate surface area is 445 Å². The van der Waals surface area contributed by atoms with E-state index in [1.54, 1.807) is 6.08 Å². The molecule has 0 bridgehead atoms. The third-order valence-corrected chi connectivity index (χ3v) is 15.3. The van der Waals surface area contributed by atoms with Crippen molar-refractivity contribution in [3.8, 4) is 0 Å². The van der Waals surface area contributed by atoms with Crippen LogP contribution in [0, 0.1) is 0 Å². The van der Waals surface area contributed by atoms with Crippen LogP contribution in [0.2, 0.25) is 0 Å². The summed E-state index contributed by atoms with van der Waals surface area (Å²) in [5.74, 6) is -0.179. The summed E-state index contributed by atoms with van der Waals surface area (Å²) in [7, 11) is 0. The lowest BCUT2D eigenvalue weighted by Crippen LogP contribution is -2.60. The number of carbonyl (C=O) groups is 1. The Morgan fingerprint density at radius 3 is 1.17 bits per heavy atom. The Morgan fingerprint density at radius 1 is 0.458 bits per heavy atom. The van der Waals surface area contributed by atoms with E-state index in [4.69, 9.17) is 9.47 Å². The summed E-state index contributed by atoms with van der Waals surface area (Å²) in [6.45, 7) is 3.81. The third-order valence-electron chi connectivity index (χ3n) is 15.3. The smallest absolute Gasteiger partial charge is 0.220 e. The molecule has 426 valence electrons. The van der Waals surface area contributed by atoms with Crippen LogP contribution in [0.5, 0.6) is 0 Å². The number of rotatable bonds is 55. The molecular weight excluding hydrogens is 899 g/mol. The standard InChI is InChI=1S/C63H121NO8/c1-3-5-7-9-11-13-15-17-19-21-23-24-25-26-27-28-29-30-31-32-33-35-37-39-41-43-45-47-49-51-53-59(67)64-56(55-71-63-62(70)61(69)60(68)58(54-65)72-63)57(66)52-50-48-46-44-42-40-38-36-34-22-20-18-16-14-12-10-8-6-4-2/h42,44,50,52,56-58,60-63,65-66,68-70H,3-41,43,45-49,51,53-55H2,1-2H3,(H,64,67)/b44-42+,52-50+. The summed E-state index contributed by atoms with van der Waals surface area (Å²) >= 11 is 0. The zero-order chi connectivity index (χ0) is 52.2. The largest absolute Gasteiger partial charge is 0.394 e. The second kappa shape index (κ2) is 53.1. The van der Waals surface area contributed by atoms with Gasteiger partial charge in [0.1, 0.15) is 24.4 Å². The van der Waals surface area contributed by atoms with Gasteiger partial charge in [0.2, 0.25) is 5.91 Å². The number of ether oxygens (including phenoxy) is 2. The molecule has 0 radical (unpaired) electrons. The third kappa shape index (κ3) is 41.9. The van der Waals surface area contributed by atoms with Gasteiger partial charge in [-0.25, -0.2) is 0 Å². The van der Waals surface area contributed by atoms with Gasteiger partial charge in [0.05, 0.1) is 25.4 Å². The van der Waals surface area contributed by atoms with Crippen LogP contribution in [-0.2, 0) is 14.3 Å². The molecule has 7 unspecified atom stereocenters. The van der Waals surface area contributed by atoms with Gasteiger partial charge in [-0.05, 0) is 32.1 Å². The minimum absolute atomic E-state index is 0.179. The Kier molecular flexibility index (Phi) is 50.6. The Hall–Kier alpha value is -1.33. The van der Waals surface area contributed by atoms with E-state index in [1.807, 2.05) is 6.08 Å². The lowest BCUT2D eigenvalue weighted by molar-refractivity contribution is -0.302. The second-order valence-electron chi connectivity index (χ2n) is 22.2. The van der Waals surface area contributed by atoms with Crippen molar-refractivity contribution >= 4 is 5.91 Å². The Bertz CT molecular complexity index is 1180. The molecule has 0 aliphatic carbocycles. The van der Waals surface area contributed by atoms with Gasteiger partial charge in [0, 0.05) is 6.42 Å². The Balaban J connectivity index is 2.15. The summed E-state index contributed by atoms with van der Waals surface area (Å²) in [5.41, 5.74) is 0. The van der Waals surface area contributed by atoms with Crippen molar-refractivity contribution in [2.45, 2.75) is 358 Å². The number of amides is 1. The molecule has 1 aliphatic rings. The van der Waals surface area contributed by atoms with E-state index in [0.29, 0.717) is 6.42 Å². The molecule has 0 aromatic carbocycles. The molecule has 9 heteroatoms. The molecule has 1 heterocycles. The molecule has 7 atom stereocenters. The maximum Gasteiger partial charge on any atom is 0.220 e. The van der Waals surface area contributed by atoms with Crippen LogP contribution in [0.15, 0.2) is 24.3 Å². The van der Waals surface area contributed by atoms with Gasteiger partial charge in [-0.15, -0.1) is 0 Å². The number of unbranched alkanes of at least 4 members (excludes halogenated alkanes) is 43. The van der Waals surface area contributed by atoms with Crippen molar-refractivity contribution in [1.29, 1.82) is 0 Å². The van der Waals surface area contributed by atoms with Crippen molar-refractivity contribution in [2.24, 2.45) is 0 Å². The van der Waals surface area contributed by atoms with Crippen LogP contribution in [-0.4, -0.2) is 87.5 Å². The lowest BCUT2D eigenvalue weighted by atomic mass is 9.99. The average Bonchev–Trinajstić information content (AvgIpc) is 3.38. The van der Waals surface area contributed by atoms with Crippen molar-refractivity contribution in [2.75, 3.05) is 13.2 Å². The number of aliphatic hydroxyl groups is 5.